The number of rotatable bonds is 8. The SMILES string of the molecule is COc1cc(C#N)c(O[C@H]2CC[C@@](C)(C(=O)O)CC2)cc1C(=O)N[C@H]1[C@@H](C(=O)NCC(C)(C)C)[C@@H]2C#C[C@H]1CC2. The lowest BCUT2D eigenvalue weighted by molar-refractivity contribution is -0.150. The van der Waals surface area contributed by atoms with Gasteiger partial charge in [0.1, 0.15) is 17.6 Å². The van der Waals surface area contributed by atoms with Crippen molar-refractivity contribution in [3.63, 3.8) is 0 Å². The third-order valence-corrected chi connectivity index (χ3v) is 8.40. The van der Waals surface area contributed by atoms with Crippen molar-refractivity contribution in [2.75, 3.05) is 13.7 Å². The lowest BCUT2D eigenvalue weighted by Crippen LogP contribution is -2.57. The van der Waals surface area contributed by atoms with Crippen LogP contribution < -0.4 is 20.1 Å². The van der Waals surface area contributed by atoms with E-state index in [4.69, 9.17) is 9.47 Å². The predicted octanol–water partition coefficient (Wildman–Crippen LogP) is 3.90. The summed E-state index contributed by atoms with van der Waals surface area (Å²) in [6.45, 7) is 8.41. The van der Waals surface area contributed by atoms with Gasteiger partial charge in [-0.15, -0.1) is 0 Å². The van der Waals surface area contributed by atoms with Gasteiger partial charge in [-0.05, 0) is 56.9 Å². The summed E-state index contributed by atoms with van der Waals surface area (Å²) in [4.78, 5) is 38.6. The van der Waals surface area contributed by atoms with Crippen molar-refractivity contribution in [3.05, 3.63) is 23.3 Å². The molecule has 3 N–H and O–H groups in total. The third kappa shape index (κ3) is 6.20. The number of carbonyl (C=O) groups is 3. The average Bonchev–Trinajstić information content (AvgIpc) is 2.92. The number of fused-ring (bicyclic) bond motifs is 2. The summed E-state index contributed by atoms with van der Waals surface area (Å²) in [5.41, 5.74) is -0.446. The Morgan fingerprint density at radius 2 is 1.75 bits per heavy atom. The second kappa shape index (κ2) is 11.4. The highest BCUT2D eigenvalue weighted by Gasteiger charge is 2.46. The predicted molar refractivity (Wildman–Crippen MR) is 148 cm³/mol. The molecule has 0 spiro atoms. The molecular formula is C31H39N3O6. The first-order valence-corrected chi connectivity index (χ1v) is 14.0. The third-order valence-electron chi connectivity index (χ3n) is 8.40. The van der Waals surface area contributed by atoms with Gasteiger partial charge in [-0.2, -0.15) is 5.26 Å². The first-order valence-electron chi connectivity index (χ1n) is 14.0. The van der Waals surface area contributed by atoms with Crippen molar-refractivity contribution in [2.45, 2.75) is 78.4 Å². The smallest absolute Gasteiger partial charge is 0.309 e. The molecule has 4 aliphatic rings. The van der Waals surface area contributed by atoms with Gasteiger partial charge in [0.05, 0.1) is 41.7 Å². The van der Waals surface area contributed by atoms with E-state index < -0.39 is 29.3 Å². The Labute approximate surface area is 236 Å². The molecule has 0 saturated heterocycles. The normalized spacial score (nSPS) is 28.9. The van der Waals surface area contributed by atoms with E-state index in [1.54, 1.807) is 6.92 Å². The van der Waals surface area contributed by atoms with Crippen LogP contribution in [-0.4, -0.2) is 48.7 Å². The van der Waals surface area contributed by atoms with E-state index >= 15 is 0 Å². The van der Waals surface area contributed by atoms with Gasteiger partial charge in [-0.1, -0.05) is 32.6 Å². The zero-order chi connectivity index (χ0) is 29.2. The fourth-order valence-electron chi connectivity index (χ4n) is 5.82. The van der Waals surface area contributed by atoms with Gasteiger partial charge >= 0.3 is 5.97 Å². The zero-order valence-electron chi connectivity index (χ0n) is 23.9. The molecule has 2 amide bonds. The van der Waals surface area contributed by atoms with Crippen LogP contribution in [0.3, 0.4) is 0 Å². The highest BCUT2D eigenvalue weighted by Crippen LogP contribution is 2.40. The maximum Gasteiger partial charge on any atom is 0.309 e. The van der Waals surface area contributed by atoms with Gasteiger partial charge in [0.15, 0.2) is 0 Å². The van der Waals surface area contributed by atoms with Crippen LogP contribution in [0.5, 0.6) is 11.5 Å². The summed E-state index contributed by atoms with van der Waals surface area (Å²) in [6.07, 6.45) is 3.32. The molecule has 4 atom stereocenters. The lowest BCUT2D eigenvalue weighted by Gasteiger charge is -2.42. The van der Waals surface area contributed by atoms with Gasteiger partial charge in [-0.25, -0.2) is 0 Å². The maximum absolute atomic E-state index is 13.7. The fraction of sp³-hybridized carbons (Fsp3) is 0.613. The summed E-state index contributed by atoms with van der Waals surface area (Å²) < 4.78 is 11.6. The van der Waals surface area contributed by atoms with Crippen LogP contribution in [0.15, 0.2) is 12.1 Å². The Kier molecular flexibility index (Phi) is 8.35. The molecule has 9 heteroatoms. The van der Waals surface area contributed by atoms with Crippen LogP contribution in [0.1, 0.15) is 82.1 Å². The molecule has 5 rings (SSSR count). The maximum atomic E-state index is 13.7. The van der Waals surface area contributed by atoms with Crippen molar-refractivity contribution in [1.82, 2.24) is 10.6 Å². The van der Waals surface area contributed by atoms with Crippen molar-refractivity contribution in [1.29, 1.82) is 5.26 Å². The summed E-state index contributed by atoms with van der Waals surface area (Å²) in [6, 6.07) is 4.65. The molecule has 0 radical (unpaired) electrons. The molecule has 2 saturated carbocycles. The molecule has 40 heavy (non-hydrogen) atoms. The van der Waals surface area contributed by atoms with E-state index in [0.717, 1.165) is 12.8 Å². The summed E-state index contributed by atoms with van der Waals surface area (Å²) in [7, 11) is 1.43. The van der Waals surface area contributed by atoms with Crippen molar-refractivity contribution in [3.8, 4) is 29.4 Å². The van der Waals surface area contributed by atoms with Crippen molar-refractivity contribution in [2.24, 2.45) is 28.6 Å². The Balaban J connectivity index is 1.55. The highest BCUT2D eigenvalue weighted by molar-refractivity contribution is 5.98. The zero-order valence-corrected chi connectivity index (χ0v) is 23.9. The molecule has 1 aromatic carbocycles. The Morgan fingerprint density at radius 1 is 1.10 bits per heavy atom. The first kappa shape index (κ1) is 29.3. The van der Waals surface area contributed by atoms with Gasteiger partial charge in [-0.3, -0.25) is 14.4 Å². The van der Waals surface area contributed by atoms with Crippen molar-refractivity contribution >= 4 is 17.8 Å². The van der Waals surface area contributed by atoms with E-state index in [2.05, 4.69) is 28.5 Å². The molecule has 4 aliphatic carbocycles. The monoisotopic (exact) mass is 549 g/mol. The van der Waals surface area contributed by atoms with E-state index in [1.165, 1.54) is 19.2 Å². The number of hydrogen-bond donors (Lipinski definition) is 3. The molecule has 0 aromatic heterocycles. The number of hydrogen-bond acceptors (Lipinski definition) is 6. The number of nitriles is 1. The number of methoxy groups -OCH3 is 1. The number of aliphatic carboxylic acids is 1. The first-order chi connectivity index (χ1) is 18.8. The molecule has 0 unspecified atom stereocenters. The summed E-state index contributed by atoms with van der Waals surface area (Å²) in [5.74, 6) is 4.84. The number of ether oxygens (including phenoxy) is 2. The highest BCUT2D eigenvalue weighted by atomic mass is 16.5. The van der Waals surface area contributed by atoms with Crippen LogP contribution >= 0.6 is 0 Å². The number of nitrogens with zero attached hydrogens (tertiary/aromatic N) is 1. The standard InChI is InChI=1S/C31H39N3O6/c1-30(2,3)17-33-28(36)25-18-6-8-19(9-7-18)26(25)34-27(35)22-15-23(20(16-32)14-24(22)39-5)40-21-10-12-31(4,13-11-21)29(37)38/h14-15,18-19,21,25-26H,6,8,10-13,17H2,1-5H3,(H,33,36)(H,34,35)(H,37,38)/t18-,19+,21-,25-,26+,31+/m0/s1. The largest absolute Gasteiger partial charge is 0.496 e. The number of carboxylic acid groups (broad SMARTS) is 1. The molecular weight excluding hydrogens is 510 g/mol. The lowest BCUT2D eigenvalue weighted by atomic mass is 9.66. The van der Waals surface area contributed by atoms with E-state index in [9.17, 15) is 24.8 Å². The average molecular weight is 550 g/mol. The van der Waals surface area contributed by atoms with E-state index in [-0.39, 0.29) is 51.9 Å². The Morgan fingerprint density at radius 3 is 2.30 bits per heavy atom. The van der Waals surface area contributed by atoms with Gasteiger partial charge in [0, 0.05) is 24.4 Å². The van der Waals surface area contributed by atoms with Crippen LogP contribution in [0.4, 0.5) is 0 Å². The topological polar surface area (TPSA) is 138 Å². The van der Waals surface area contributed by atoms with Gasteiger partial charge < -0.3 is 25.2 Å². The van der Waals surface area contributed by atoms with Crippen LogP contribution in [0.25, 0.3) is 0 Å². The van der Waals surface area contributed by atoms with Crippen LogP contribution in [0, 0.1) is 51.8 Å². The second-order valence-electron chi connectivity index (χ2n) is 12.7. The Hall–Kier alpha value is -3.72. The number of amides is 2. The second-order valence-corrected chi connectivity index (χ2v) is 12.7. The van der Waals surface area contributed by atoms with Crippen LogP contribution in [0.2, 0.25) is 0 Å². The van der Waals surface area contributed by atoms with Crippen LogP contribution in [-0.2, 0) is 9.59 Å². The minimum Gasteiger partial charge on any atom is -0.496 e. The molecule has 2 bridgehead atoms. The summed E-state index contributed by atoms with van der Waals surface area (Å²) >= 11 is 0. The number of nitrogens with one attached hydrogen (secondary N) is 2. The molecule has 0 heterocycles. The van der Waals surface area contributed by atoms with E-state index in [1.807, 2.05) is 20.8 Å². The quantitative estimate of drug-likeness (QED) is 0.418. The van der Waals surface area contributed by atoms with E-state index in [0.29, 0.717) is 32.2 Å². The molecule has 214 valence electrons. The molecule has 2 fully saturated rings. The summed E-state index contributed by atoms with van der Waals surface area (Å²) in [5, 5.41) is 25.4. The fourth-order valence-corrected chi connectivity index (χ4v) is 5.82. The minimum atomic E-state index is -0.821. The number of benzene rings is 1. The molecule has 0 aliphatic heterocycles. The van der Waals surface area contributed by atoms with Gasteiger partial charge in [0.25, 0.3) is 5.91 Å². The Bertz CT molecular complexity index is 1270. The number of carboxylic acids is 1. The number of carbonyl (C=O) groups excluding carboxylic acids is 2. The molecule has 9 nitrogen and oxygen atoms in total. The minimum absolute atomic E-state index is 0.0788. The van der Waals surface area contributed by atoms with Crippen molar-refractivity contribution < 1.29 is 29.0 Å². The van der Waals surface area contributed by atoms with Gasteiger partial charge in [0.2, 0.25) is 5.91 Å². The molecule has 1 aromatic rings.